The van der Waals surface area contributed by atoms with E-state index in [1.165, 1.54) is 5.56 Å². The van der Waals surface area contributed by atoms with Crippen molar-refractivity contribution in [2.45, 2.75) is 6.42 Å². The molecule has 2 heterocycles. The molecule has 128 valence electrons. The molecule has 0 radical (unpaired) electrons. The van der Waals surface area contributed by atoms with Gasteiger partial charge in [0.15, 0.2) is 0 Å². The topological polar surface area (TPSA) is 53.9 Å². The summed E-state index contributed by atoms with van der Waals surface area (Å²) in [6.45, 7) is 0.832. The minimum atomic E-state index is 0.448. The lowest BCUT2D eigenvalue weighted by Crippen LogP contribution is -2.21. The van der Waals surface area contributed by atoms with E-state index in [0.29, 0.717) is 21.7 Å². The number of hydrogen-bond donors (Lipinski definition) is 1. The number of anilines is 3. The van der Waals surface area contributed by atoms with E-state index in [4.69, 9.17) is 23.2 Å². The summed E-state index contributed by atoms with van der Waals surface area (Å²) in [7, 11) is 2.00. The summed E-state index contributed by atoms with van der Waals surface area (Å²) in [5, 5.41) is 4.04. The van der Waals surface area contributed by atoms with Gasteiger partial charge in [-0.3, -0.25) is 4.98 Å². The average Bonchev–Trinajstić information content (AvgIpc) is 2.64. The lowest BCUT2D eigenvalue weighted by molar-refractivity contribution is 0.855. The maximum atomic E-state index is 6.20. The number of pyridine rings is 1. The largest absolute Gasteiger partial charge is 0.359 e. The maximum absolute atomic E-state index is 6.20. The lowest BCUT2D eigenvalue weighted by atomic mass is 10.2. The van der Waals surface area contributed by atoms with Crippen LogP contribution in [0.5, 0.6) is 0 Å². The van der Waals surface area contributed by atoms with Gasteiger partial charge in [-0.1, -0.05) is 29.3 Å². The van der Waals surface area contributed by atoms with Crippen LogP contribution in [-0.2, 0) is 6.42 Å². The highest BCUT2D eigenvalue weighted by Crippen LogP contribution is 2.31. The van der Waals surface area contributed by atoms with E-state index in [1.54, 1.807) is 24.7 Å². The second kappa shape index (κ2) is 8.14. The van der Waals surface area contributed by atoms with Crippen molar-refractivity contribution >= 4 is 40.7 Å². The molecule has 0 unspecified atom stereocenters. The van der Waals surface area contributed by atoms with Gasteiger partial charge < -0.3 is 10.2 Å². The smallest absolute Gasteiger partial charge is 0.229 e. The SMILES string of the molecule is CN(CCc1ccncc1)c1ccnc(Nc2cccc(Cl)c2Cl)n1. The van der Waals surface area contributed by atoms with Crippen molar-refractivity contribution in [2.24, 2.45) is 0 Å². The fraction of sp³-hybridized carbons (Fsp3) is 0.167. The number of aromatic nitrogens is 3. The number of nitrogens with one attached hydrogen (secondary N) is 1. The Morgan fingerprint density at radius 2 is 1.84 bits per heavy atom. The van der Waals surface area contributed by atoms with E-state index < -0.39 is 0 Å². The van der Waals surface area contributed by atoms with E-state index >= 15 is 0 Å². The summed E-state index contributed by atoms with van der Waals surface area (Å²) in [6.07, 6.45) is 6.23. The lowest BCUT2D eigenvalue weighted by Gasteiger charge is -2.18. The number of likely N-dealkylation sites (N-methyl/N-ethyl adjacent to an activating group) is 1. The third kappa shape index (κ3) is 4.59. The van der Waals surface area contributed by atoms with Crippen LogP contribution in [-0.4, -0.2) is 28.5 Å². The van der Waals surface area contributed by atoms with E-state index in [0.717, 1.165) is 18.8 Å². The first-order chi connectivity index (χ1) is 12.1. The highest BCUT2D eigenvalue weighted by atomic mass is 35.5. The first-order valence-electron chi connectivity index (χ1n) is 7.77. The molecule has 0 aliphatic carbocycles. The van der Waals surface area contributed by atoms with Crippen molar-refractivity contribution in [3.63, 3.8) is 0 Å². The van der Waals surface area contributed by atoms with Crippen molar-refractivity contribution in [2.75, 3.05) is 23.8 Å². The van der Waals surface area contributed by atoms with Crippen molar-refractivity contribution in [3.8, 4) is 0 Å². The highest BCUT2D eigenvalue weighted by Gasteiger charge is 2.08. The van der Waals surface area contributed by atoms with Crippen LogP contribution in [0, 0.1) is 0 Å². The quantitative estimate of drug-likeness (QED) is 0.683. The molecular weight excluding hydrogens is 357 g/mol. The number of benzene rings is 1. The summed E-state index contributed by atoms with van der Waals surface area (Å²) < 4.78 is 0. The summed E-state index contributed by atoms with van der Waals surface area (Å²) >= 11 is 12.2. The van der Waals surface area contributed by atoms with Crippen LogP contribution in [0.25, 0.3) is 0 Å². The van der Waals surface area contributed by atoms with Crippen LogP contribution in [0.1, 0.15) is 5.56 Å². The summed E-state index contributed by atoms with van der Waals surface area (Å²) in [5.74, 6) is 1.29. The molecule has 3 aromatic rings. The molecule has 0 fully saturated rings. The summed E-state index contributed by atoms with van der Waals surface area (Å²) in [6, 6.07) is 11.3. The molecule has 1 N–H and O–H groups in total. The first kappa shape index (κ1) is 17.5. The molecule has 0 spiro atoms. The van der Waals surface area contributed by atoms with Crippen molar-refractivity contribution in [1.29, 1.82) is 0 Å². The Labute approximate surface area is 156 Å². The molecule has 25 heavy (non-hydrogen) atoms. The first-order valence-corrected chi connectivity index (χ1v) is 8.53. The minimum Gasteiger partial charge on any atom is -0.359 e. The normalized spacial score (nSPS) is 10.5. The number of halogens is 2. The van der Waals surface area contributed by atoms with Gasteiger partial charge in [-0.25, -0.2) is 4.98 Å². The molecule has 0 saturated carbocycles. The Morgan fingerprint density at radius 3 is 2.64 bits per heavy atom. The van der Waals surface area contributed by atoms with E-state index in [-0.39, 0.29) is 0 Å². The zero-order valence-corrected chi connectivity index (χ0v) is 15.2. The molecule has 0 bridgehead atoms. The second-order valence-corrected chi connectivity index (χ2v) is 6.28. The number of hydrogen-bond acceptors (Lipinski definition) is 5. The fourth-order valence-electron chi connectivity index (χ4n) is 2.30. The predicted octanol–water partition coefficient (Wildman–Crippen LogP) is 4.60. The van der Waals surface area contributed by atoms with Crippen LogP contribution in [0.15, 0.2) is 55.0 Å². The molecule has 7 heteroatoms. The van der Waals surface area contributed by atoms with E-state index in [1.807, 2.05) is 37.4 Å². The third-order valence-corrected chi connectivity index (χ3v) is 4.53. The van der Waals surface area contributed by atoms with Gasteiger partial charge in [0.05, 0.1) is 15.7 Å². The molecule has 5 nitrogen and oxygen atoms in total. The van der Waals surface area contributed by atoms with Crippen LogP contribution < -0.4 is 10.2 Å². The third-order valence-electron chi connectivity index (χ3n) is 3.72. The van der Waals surface area contributed by atoms with Gasteiger partial charge in [-0.15, -0.1) is 0 Å². The van der Waals surface area contributed by atoms with E-state index in [9.17, 15) is 0 Å². The number of rotatable bonds is 6. The summed E-state index contributed by atoms with van der Waals surface area (Å²) in [4.78, 5) is 14.9. The molecule has 0 saturated heterocycles. The maximum Gasteiger partial charge on any atom is 0.229 e. The monoisotopic (exact) mass is 373 g/mol. The van der Waals surface area contributed by atoms with Crippen LogP contribution >= 0.6 is 23.2 Å². The Balaban J connectivity index is 1.69. The average molecular weight is 374 g/mol. The standard InChI is InChI=1S/C18H17Cl2N5/c1-25(12-8-13-5-9-21-10-6-13)16-7-11-22-18(24-16)23-15-4-2-3-14(19)17(15)20/h2-7,9-11H,8,12H2,1H3,(H,22,23,24). The van der Waals surface area contributed by atoms with Crippen LogP contribution in [0.3, 0.4) is 0 Å². The Hall–Kier alpha value is -2.37. The van der Waals surface area contributed by atoms with E-state index in [2.05, 4.69) is 25.2 Å². The molecule has 0 atom stereocenters. The predicted molar refractivity (Wildman–Crippen MR) is 103 cm³/mol. The molecule has 3 rings (SSSR count). The van der Waals surface area contributed by atoms with Crippen LogP contribution in [0.2, 0.25) is 10.0 Å². The Morgan fingerprint density at radius 1 is 1.04 bits per heavy atom. The van der Waals surface area contributed by atoms with Gasteiger partial charge in [0.1, 0.15) is 5.82 Å². The van der Waals surface area contributed by atoms with Gasteiger partial charge in [-0.2, -0.15) is 4.98 Å². The fourth-order valence-corrected chi connectivity index (χ4v) is 2.65. The molecule has 2 aromatic heterocycles. The highest BCUT2D eigenvalue weighted by molar-refractivity contribution is 6.43. The zero-order chi connectivity index (χ0) is 17.6. The Bertz CT molecular complexity index is 842. The van der Waals surface area contributed by atoms with Crippen molar-refractivity contribution < 1.29 is 0 Å². The minimum absolute atomic E-state index is 0.448. The van der Waals surface area contributed by atoms with Crippen molar-refractivity contribution in [3.05, 3.63) is 70.6 Å². The van der Waals surface area contributed by atoms with Gasteiger partial charge >= 0.3 is 0 Å². The molecule has 0 aliphatic heterocycles. The second-order valence-electron chi connectivity index (χ2n) is 5.49. The molecule has 1 aromatic carbocycles. The van der Waals surface area contributed by atoms with Gasteiger partial charge in [0.25, 0.3) is 0 Å². The van der Waals surface area contributed by atoms with Gasteiger partial charge in [0.2, 0.25) is 5.95 Å². The molecular formula is C18H17Cl2N5. The number of nitrogens with zero attached hydrogens (tertiary/aromatic N) is 4. The van der Waals surface area contributed by atoms with Gasteiger partial charge in [-0.05, 0) is 42.3 Å². The Kier molecular flexibility index (Phi) is 5.68. The molecule has 0 amide bonds. The molecule has 0 aliphatic rings. The van der Waals surface area contributed by atoms with Crippen molar-refractivity contribution in [1.82, 2.24) is 15.0 Å². The van der Waals surface area contributed by atoms with Gasteiger partial charge in [0, 0.05) is 32.2 Å². The zero-order valence-electron chi connectivity index (χ0n) is 13.7. The summed E-state index contributed by atoms with van der Waals surface area (Å²) in [5.41, 5.74) is 1.91. The van der Waals surface area contributed by atoms with Crippen LogP contribution in [0.4, 0.5) is 17.5 Å².